The molecular weight excluding hydrogens is 188 g/mol. The summed E-state index contributed by atoms with van der Waals surface area (Å²) in [7, 11) is 1.49. The number of carbonyl (C=O) groups excluding carboxylic acids is 2. The van der Waals surface area contributed by atoms with Crippen LogP contribution < -0.4 is 10.6 Å². The fourth-order valence-electron chi connectivity index (χ4n) is 0.629. The van der Waals surface area contributed by atoms with Crippen molar-refractivity contribution >= 4 is 12.0 Å². The quantitative estimate of drug-likeness (QED) is 0.571. The molecule has 14 heavy (non-hydrogen) atoms. The number of ether oxygens (including phenoxy) is 2. The number of nitrogens with one attached hydrogen (secondary N) is 2. The second-order valence-corrected chi connectivity index (χ2v) is 2.36. The van der Waals surface area contributed by atoms with Crippen molar-refractivity contribution in [3.05, 3.63) is 0 Å². The second-order valence-electron chi connectivity index (χ2n) is 2.36. The molecule has 0 rings (SSSR count). The van der Waals surface area contributed by atoms with Gasteiger partial charge in [0.2, 0.25) is 5.91 Å². The van der Waals surface area contributed by atoms with Crippen molar-refractivity contribution in [1.29, 1.82) is 0 Å². The van der Waals surface area contributed by atoms with E-state index in [0.29, 0.717) is 13.2 Å². The van der Waals surface area contributed by atoms with Crippen molar-refractivity contribution in [2.45, 2.75) is 6.92 Å². The van der Waals surface area contributed by atoms with E-state index in [1.165, 1.54) is 7.05 Å². The third kappa shape index (κ3) is 7.35. The predicted octanol–water partition coefficient (Wildman–Crippen LogP) is -0.505. The Bertz CT molecular complexity index is 184. The Hall–Kier alpha value is -1.30. The van der Waals surface area contributed by atoms with Crippen LogP contribution in [0.1, 0.15) is 6.92 Å². The molecule has 6 nitrogen and oxygen atoms in total. The maximum absolute atomic E-state index is 10.9. The van der Waals surface area contributed by atoms with Gasteiger partial charge < -0.3 is 20.1 Å². The highest BCUT2D eigenvalue weighted by atomic mass is 16.6. The number of carbonyl (C=O) groups is 2. The summed E-state index contributed by atoms with van der Waals surface area (Å²) in [5, 5.41) is 4.64. The molecule has 82 valence electrons. The largest absolute Gasteiger partial charge is 0.447 e. The molecule has 6 heteroatoms. The molecule has 0 fully saturated rings. The van der Waals surface area contributed by atoms with E-state index >= 15 is 0 Å². The summed E-state index contributed by atoms with van der Waals surface area (Å²) >= 11 is 0. The summed E-state index contributed by atoms with van der Waals surface area (Å²) < 4.78 is 9.63. The van der Waals surface area contributed by atoms with E-state index in [1.807, 2.05) is 6.92 Å². The molecule has 0 spiro atoms. The number of rotatable bonds is 6. The van der Waals surface area contributed by atoms with E-state index in [0.717, 1.165) is 0 Å². The van der Waals surface area contributed by atoms with Gasteiger partial charge in [0.1, 0.15) is 6.61 Å². The topological polar surface area (TPSA) is 76.7 Å². The first-order valence-electron chi connectivity index (χ1n) is 4.39. The molecule has 0 bridgehead atoms. The molecule has 0 atom stereocenters. The molecule has 0 saturated carbocycles. The Labute approximate surface area is 82.9 Å². The molecule has 0 aliphatic carbocycles. The number of hydrogen-bond donors (Lipinski definition) is 2. The number of amides is 2. The lowest BCUT2D eigenvalue weighted by atomic mass is 10.6. The smallest absolute Gasteiger partial charge is 0.407 e. The van der Waals surface area contributed by atoms with Gasteiger partial charge in [-0.2, -0.15) is 0 Å². The van der Waals surface area contributed by atoms with E-state index in [9.17, 15) is 9.59 Å². The fourth-order valence-corrected chi connectivity index (χ4v) is 0.629. The van der Waals surface area contributed by atoms with Gasteiger partial charge in [-0.15, -0.1) is 0 Å². The second kappa shape index (κ2) is 8.31. The third-order valence-corrected chi connectivity index (χ3v) is 1.34. The van der Waals surface area contributed by atoms with Crippen LogP contribution in [0.3, 0.4) is 0 Å². The molecule has 0 aromatic carbocycles. The zero-order chi connectivity index (χ0) is 10.8. The highest BCUT2D eigenvalue weighted by Gasteiger charge is 2.03. The van der Waals surface area contributed by atoms with Crippen LogP contribution in [-0.4, -0.2) is 45.4 Å². The molecule has 0 unspecified atom stereocenters. The fraction of sp³-hybridized carbons (Fsp3) is 0.750. The van der Waals surface area contributed by atoms with Gasteiger partial charge in [-0.25, -0.2) is 4.79 Å². The summed E-state index contributed by atoms with van der Waals surface area (Å²) in [4.78, 5) is 21.5. The van der Waals surface area contributed by atoms with Gasteiger partial charge in [-0.3, -0.25) is 4.79 Å². The van der Waals surface area contributed by atoms with Crippen LogP contribution in [-0.2, 0) is 14.3 Å². The lowest BCUT2D eigenvalue weighted by Crippen LogP contribution is -2.35. The Balaban J connectivity index is 3.32. The summed E-state index contributed by atoms with van der Waals surface area (Å²) in [5.74, 6) is -0.272. The zero-order valence-electron chi connectivity index (χ0n) is 8.46. The maximum Gasteiger partial charge on any atom is 0.407 e. The molecule has 0 saturated heterocycles. The van der Waals surface area contributed by atoms with Crippen LogP contribution in [0.15, 0.2) is 0 Å². The normalized spacial score (nSPS) is 9.29. The van der Waals surface area contributed by atoms with E-state index in [-0.39, 0.29) is 19.1 Å². The first-order valence-corrected chi connectivity index (χ1v) is 4.39. The van der Waals surface area contributed by atoms with E-state index < -0.39 is 6.09 Å². The van der Waals surface area contributed by atoms with Crippen molar-refractivity contribution in [3.63, 3.8) is 0 Å². The minimum Gasteiger partial charge on any atom is -0.447 e. The van der Waals surface area contributed by atoms with Gasteiger partial charge in [0.05, 0.1) is 13.2 Å². The van der Waals surface area contributed by atoms with E-state index in [1.54, 1.807) is 0 Å². The Morgan fingerprint density at radius 3 is 2.57 bits per heavy atom. The molecular formula is C8H16N2O4. The highest BCUT2D eigenvalue weighted by molar-refractivity contribution is 5.81. The standard InChI is InChI=1S/C8H16N2O4/c1-3-13-4-5-14-8(12)10-6-7(11)9-2/h3-6H2,1-2H3,(H,9,11)(H,10,12). The third-order valence-electron chi connectivity index (χ3n) is 1.34. The Kier molecular flexibility index (Phi) is 7.53. The van der Waals surface area contributed by atoms with E-state index in [2.05, 4.69) is 15.4 Å². The van der Waals surface area contributed by atoms with Crippen molar-refractivity contribution in [2.75, 3.05) is 33.4 Å². The van der Waals surface area contributed by atoms with Gasteiger partial charge in [0.15, 0.2) is 0 Å². The molecule has 0 heterocycles. The molecule has 0 aromatic rings. The SMILES string of the molecule is CCOCCOC(=O)NCC(=O)NC. The van der Waals surface area contributed by atoms with Crippen molar-refractivity contribution in [1.82, 2.24) is 10.6 Å². The molecule has 2 N–H and O–H groups in total. The van der Waals surface area contributed by atoms with Crippen molar-refractivity contribution in [2.24, 2.45) is 0 Å². The minimum absolute atomic E-state index is 0.0794. The average molecular weight is 204 g/mol. The number of alkyl carbamates (subject to hydrolysis) is 1. The lowest BCUT2D eigenvalue weighted by Gasteiger charge is -2.05. The maximum atomic E-state index is 10.9. The van der Waals surface area contributed by atoms with Crippen LogP contribution in [0.5, 0.6) is 0 Å². The van der Waals surface area contributed by atoms with Crippen molar-refractivity contribution in [3.8, 4) is 0 Å². The summed E-state index contributed by atoms with van der Waals surface area (Å²) in [6.07, 6.45) is -0.617. The van der Waals surface area contributed by atoms with Crippen LogP contribution >= 0.6 is 0 Å². The van der Waals surface area contributed by atoms with Gasteiger partial charge >= 0.3 is 6.09 Å². The van der Waals surface area contributed by atoms with Crippen LogP contribution in [0.2, 0.25) is 0 Å². The molecule has 2 amide bonds. The average Bonchev–Trinajstić information content (AvgIpc) is 2.21. The van der Waals surface area contributed by atoms with Crippen LogP contribution in [0.4, 0.5) is 4.79 Å². The molecule has 0 aliphatic heterocycles. The van der Waals surface area contributed by atoms with Crippen LogP contribution in [0.25, 0.3) is 0 Å². The van der Waals surface area contributed by atoms with Crippen LogP contribution in [0, 0.1) is 0 Å². The summed E-state index contributed by atoms with van der Waals surface area (Å²) in [5.41, 5.74) is 0. The predicted molar refractivity (Wildman–Crippen MR) is 49.9 cm³/mol. The van der Waals surface area contributed by atoms with Gasteiger partial charge in [-0.1, -0.05) is 0 Å². The molecule has 0 aliphatic rings. The first kappa shape index (κ1) is 12.7. The van der Waals surface area contributed by atoms with Crippen molar-refractivity contribution < 1.29 is 19.1 Å². The Morgan fingerprint density at radius 1 is 1.29 bits per heavy atom. The highest BCUT2D eigenvalue weighted by Crippen LogP contribution is 1.79. The van der Waals surface area contributed by atoms with E-state index in [4.69, 9.17) is 4.74 Å². The number of hydrogen-bond acceptors (Lipinski definition) is 4. The zero-order valence-corrected chi connectivity index (χ0v) is 8.46. The summed E-state index contributed by atoms with van der Waals surface area (Å²) in [6.45, 7) is 2.91. The molecule has 0 aromatic heterocycles. The number of likely N-dealkylation sites (N-methyl/N-ethyl adjacent to an activating group) is 1. The molecule has 0 radical (unpaired) electrons. The first-order chi connectivity index (χ1) is 6.70. The monoisotopic (exact) mass is 204 g/mol. The summed E-state index contributed by atoms with van der Waals surface area (Å²) in [6, 6.07) is 0. The Morgan fingerprint density at radius 2 is 2.00 bits per heavy atom. The van der Waals surface area contributed by atoms with Gasteiger partial charge in [-0.05, 0) is 6.92 Å². The lowest BCUT2D eigenvalue weighted by molar-refractivity contribution is -0.119. The van der Waals surface area contributed by atoms with Gasteiger partial charge in [0.25, 0.3) is 0 Å². The van der Waals surface area contributed by atoms with Gasteiger partial charge in [0, 0.05) is 13.7 Å². The minimum atomic E-state index is -0.617.